The van der Waals surface area contributed by atoms with E-state index >= 15 is 0 Å². The molecule has 0 radical (unpaired) electrons. The number of nitrogens with zero attached hydrogens (tertiary/aromatic N) is 3. The number of likely N-dealkylation sites (N-methyl/N-ethyl adjacent to an activating group) is 2. The van der Waals surface area contributed by atoms with Crippen molar-refractivity contribution in [3.05, 3.63) is 34.5 Å². The normalized spacial score (nSPS) is 23.6. The molecule has 1 saturated heterocycles. The molecule has 12 heteroatoms. The first kappa shape index (κ1) is 24.2. The van der Waals surface area contributed by atoms with Crippen LogP contribution in [0.3, 0.4) is 0 Å². The van der Waals surface area contributed by atoms with E-state index in [1.807, 2.05) is 19.0 Å². The topological polar surface area (TPSA) is 94.6 Å². The SMILES string of the molecule is CN1CC[C@@H]1C(=O)N(C)[C@H]1CCCC[C@@H]1Nc1cc(F)c(S(=O)(=O)Nc2nccs2)cc1Cl. The van der Waals surface area contributed by atoms with Crippen molar-refractivity contribution in [3.63, 3.8) is 0 Å². The van der Waals surface area contributed by atoms with Crippen LogP contribution in [0.1, 0.15) is 32.1 Å². The fraction of sp³-hybridized carbons (Fsp3) is 0.524. The molecular formula is C21H27ClFN5O3S2. The molecule has 1 aliphatic heterocycles. The summed E-state index contributed by atoms with van der Waals surface area (Å²) in [5.41, 5.74) is 0.306. The van der Waals surface area contributed by atoms with E-state index in [2.05, 4.69) is 15.0 Å². The van der Waals surface area contributed by atoms with E-state index in [-0.39, 0.29) is 34.2 Å². The highest BCUT2D eigenvalue weighted by Gasteiger charge is 2.38. The molecule has 33 heavy (non-hydrogen) atoms. The molecule has 1 aromatic carbocycles. The number of nitrogens with one attached hydrogen (secondary N) is 2. The summed E-state index contributed by atoms with van der Waals surface area (Å²) in [5, 5.41) is 5.12. The second-order valence-electron chi connectivity index (χ2n) is 8.54. The molecule has 1 aliphatic carbocycles. The van der Waals surface area contributed by atoms with Crippen LogP contribution in [0.5, 0.6) is 0 Å². The zero-order valence-electron chi connectivity index (χ0n) is 18.4. The first-order valence-electron chi connectivity index (χ1n) is 10.8. The second-order valence-corrected chi connectivity index (χ2v) is 11.5. The highest BCUT2D eigenvalue weighted by molar-refractivity contribution is 7.93. The Balaban J connectivity index is 1.52. The van der Waals surface area contributed by atoms with Gasteiger partial charge < -0.3 is 10.2 Å². The summed E-state index contributed by atoms with van der Waals surface area (Å²) in [6, 6.07) is 1.94. The molecule has 8 nitrogen and oxygen atoms in total. The number of likely N-dealkylation sites (tertiary alicyclic amines) is 1. The lowest BCUT2D eigenvalue weighted by molar-refractivity contribution is -0.142. The summed E-state index contributed by atoms with van der Waals surface area (Å²) in [6.45, 7) is 0.915. The molecule has 2 fully saturated rings. The minimum absolute atomic E-state index is 0.0608. The Kier molecular flexibility index (Phi) is 7.13. The summed E-state index contributed by atoms with van der Waals surface area (Å²) in [4.78, 5) is 20.1. The Bertz CT molecular complexity index is 1120. The molecule has 0 bridgehead atoms. The van der Waals surface area contributed by atoms with Crippen molar-refractivity contribution in [2.75, 3.05) is 30.7 Å². The number of carbonyl (C=O) groups excluding carboxylic acids is 1. The molecule has 1 amide bonds. The van der Waals surface area contributed by atoms with Gasteiger partial charge in [-0.15, -0.1) is 11.3 Å². The fourth-order valence-corrected chi connectivity index (χ4v) is 6.62. The minimum Gasteiger partial charge on any atom is -0.379 e. The predicted molar refractivity (Wildman–Crippen MR) is 128 cm³/mol. The summed E-state index contributed by atoms with van der Waals surface area (Å²) in [6.07, 6.45) is 5.91. The van der Waals surface area contributed by atoms with Gasteiger partial charge in [-0.05, 0) is 38.4 Å². The lowest BCUT2D eigenvalue weighted by atomic mass is 9.88. The van der Waals surface area contributed by atoms with Crippen LogP contribution in [0.4, 0.5) is 15.2 Å². The number of sulfonamides is 1. The molecule has 2 aliphatic rings. The van der Waals surface area contributed by atoms with Crippen molar-refractivity contribution >= 4 is 49.7 Å². The lowest BCUT2D eigenvalue weighted by Gasteiger charge is -2.44. The molecule has 180 valence electrons. The maximum absolute atomic E-state index is 14.9. The van der Waals surface area contributed by atoms with Gasteiger partial charge in [0.2, 0.25) is 5.91 Å². The average molecular weight is 516 g/mol. The van der Waals surface area contributed by atoms with Crippen molar-refractivity contribution in [3.8, 4) is 0 Å². The zero-order chi connectivity index (χ0) is 23.8. The highest BCUT2D eigenvalue weighted by Crippen LogP contribution is 2.33. The van der Waals surface area contributed by atoms with E-state index < -0.39 is 20.7 Å². The van der Waals surface area contributed by atoms with E-state index in [1.54, 1.807) is 10.3 Å². The highest BCUT2D eigenvalue weighted by atomic mass is 35.5. The van der Waals surface area contributed by atoms with Crippen LogP contribution in [-0.4, -0.2) is 67.9 Å². The van der Waals surface area contributed by atoms with Crippen molar-refractivity contribution in [1.82, 2.24) is 14.8 Å². The zero-order valence-corrected chi connectivity index (χ0v) is 20.8. The van der Waals surface area contributed by atoms with E-state index in [9.17, 15) is 17.6 Å². The van der Waals surface area contributed by atoms with Gasteiger partial charge in [-0.1, -0.05) is 24.4 Å². The largest absolute Gasteiger partial charge is 0.379 e. The number of benzene rings is 1. The lowest BCUT2D eigenvalue weighted by Crippen LogP contribution is -2.59. The van der Waals surface area contributed by atoms with Crippen molar-refractivity contribution < 1.29 is 17.6 Å². The number of halogens is 2. The molecule has 1 saturated carbocycles. The van der Waals surface area contributed by atoms with Gasteiger partial charge in [-0.2, -0.15) is 0 Å². The van der Waals surface area contributed by atoms with Gasteiger partial charge in [0, 0.05) is 31.2 Å². The number of hydrogen-bond donors (Lipinski definition) is 2. The Morgan fingerprint density at radius 1 is 1.30 bits per heavy atom. The number of amides is 1. The number of anilines is 2. The van der Waals surface area contributed by atoms with Crippen LogP contribution < -0.4 is 10.0 Å². The van der Waals surface area contributed by atoms with Crippen LogP contribution in [-0.2, 0) is 14.8 Å². The minimum atomic E-state index is -4.18. The molecule has 3 atom stereocenters. The Labute approximate surface area is 202 Å². The van der Waals surface area contributed by atoms with Gasteiger partial charge in [0.15, 0.2) is 5.13 Å². The van der Waals surface area contributed by atoms with Crippen LogP contribution in [0, 0.1) is 5.82 Å². The Morgan fingerprint density at radius 2 is 2.06 bits per heavy atom. The molecule has 2 heterocycles. The first-order chi connectivity index (χ1) is 15.7. The third-order valence-electron chi connectivity index (χ3n) is 6.45. The van der Waals surface area contributed by atoms with Gasteiger partial charge in [-0.25, -0.2) is 17.8 Å². The summed E-state index contributed by atoms with van der Waals surface area (Å²) >= 11 is 7.47. The van der Waals surface area contributed by atoms with E-state index in [4.69, 9.17) is 11.6 Å². The molecule has 2 aromatic rings. The molecule has 1 aromatic heterocycles. The summed E-state index contributed by atoms with van der Waals surface area (Å²) < 4.78 is 42.4. The van der Waals surface area contributed by atoms with Gasteiger partial charge in [0.05, 0.1) is 22.8 Å². The first-order valence-corrected chi connectivity index (χ1v) is 13.6. The Morgan fingerprint density at radius 3 is 2.70 bits per heavy atom. The number of hydrogen-bond acceptors (Lipinski definition) is 7. The van der Waals surface area contributed by atoms with E-state index in [0.717, 1.165) is 62.1 Å². The van der Waals surface area contributed by atoms with Crippen LogP contribution in [0.15, 0.2) is 28.6 Å². The van der Waals surface area contributed by atoms with Crippen molar-refractivity contribution in [1.29, 1.82) is 0 Å². The maximum atomic E-state index is 14.9. The predicted octanol–water partition coefficient (Wildman–Crippen LogP) is 3.62. The number of thiazole rings is 1. The van der Waals surface area contributed by atoms with Crippen molar-refractivity contribution in [2.24, 2.45) is 0 Å². The quantitative estimate of drug-likeness (QED) is 0.585. The van der Waals surface area contributed by atoms with Gasteiger partial charge in [-0.3, -0.25) is 14.4 Å². The number of rotatable bonds is 7. The Hall–Kier alpha value is -1.95. The van der Waals surface area contributed by atoms with Crippen molar-refractivity contribution in [2.45, 2.75) is 55.1 Å². The molecule has 0 unspecified atom stereocenters. The fourth-order valence-electron chi connectivity index (χ4n) is 4.46. The van der Waals surface area contributed by atoms with Gasteiger partial charge in [0.1, 0.15) is 10.7 Å². The third-order valence-corrected chi connectivity index (χ3v) is 8.94. The molecular weight excluding hydrogens is 489 g/mol. The molecule has 0 spiro atoms. The smallest absolute Gasteiger partial charge is 0.266 e. The monoisotopic (exact) mass is 515 g/mol. The van der Waals surface area contributed by atoms with Crippen LogP contribution in [0.25, 0.3) is 0 Å². The molecule has 4 rings (SSSR count). The maximum Gasteiger partial charge on any atom is 0.266 e. The molecule has 2 N–H and O–H groups in total. The van der Waals surface area contributed by atoms with Gasteiger partial charge >= 0.3 is 0 Å². The number of carbonyl (C=O) groups is 1. The van der Waals surface area contributed by atoms with Gasteiger partial charge in [0.25, 0.3) is 10.0 Å². The summed E-state index contributed by atoms with van der Waals surface area (Å²) in [7, 11) is -0.417. The van der Waals surface area contributed by atoms with Crippen LogP contribution >= 0.6 is 22.9 Å². The van der Waals surface area contributed by atoms with E-state index in [1.165, 1.54) is 6.20 Å². The average Bonchev–Trinajstić information content (AvgIpc) is 3.27. The van der Waals surface area contributed by atoms with Crippen LogP contribution in [0.2, 0.25) is 5.02 Å². The second kappa shape index (κ2) is 9.73. The standard InChI is InChI=1S/C21H27ClFN5O3S2/c1-27-9-7-18(27)20(29)28(2)17-6-4-3-5-15(17)25-16-12-14(23)19(11-13(16)22)33(30,31)26-21-24-8-10-32-21/h8,10-12,15,17-18,25H,3-7,9H2,1-2H3,(H,24,26)/t15-,17-,18+/m0/s1. The third kappa shape index (κ3) is 5.11. The van der Waals surface area contributed by atoms with E-state index in [0.29, 0.717) is 5.69 Å². The number of aromatic nitrogens is 1. The summed E-state index contributed by atoms with van der Waals surface area (Å²) in [5.74, 6) is -0.826.